The van der Waals surface area contributed by atoms with Gasteiger partial charge >= 0.3 is 0 Å². The Kier molecular flexibility index (Phi) is 6.48. The number of carbonyl (C=O) groups is 2. The highest BCUT2D eigenvalue weighted by atomic mass is 35.5. The van der Waals surface area contributed by atoms with E-state index in [1.54, 1.807) is 24.3 Å². The van der Waals surface area contributed by atoms with Crippen molar-refractivity contribution < 1.29 is 9.59 Å². The molecule has 0 fully saturated rings. The Morgan fingerprint density at radius 2 is 1.75 bits per heavy atom. The predicted molar refractivity (Wildman–Crippen MR) is 98.3 cm³/mol. The first-order valence-electron chi connectivity index (χ1n) is 6.94. The maximum atomic E-state index is 11.9. The monoisotopic (exact) mass is 359 g/mol. The summed E-state index contributed by atoms with van der Waals surface area (Å²) in [4.78, 5) is 23.6. The van der Waals surface area contributed by atoms with Crippen LogP contribution in [-0.4, -0.2) is 16.9 Å². The smallest absolute Gasteiger partial charge is 0.269 e. The van der Waals surface area contributed by atoms with E-state index < -0.39 is 11.8 Å². The summed E-state index contributed by atoms with van der Waals surface area (Å²) in [5.74, 6) is -0.831. The van der Waals surface area contributed by atoms with Crippen LogP contribution >= 0.6 is 23.8 Å². The highest BCUT2D eigenvalue weighted by molar-refractivity contribution is 7.80. The minimum atomic E-state index is -0.422. The molecule has 2 aromatic carbocycles. The lowest BCUT2D eigenvalue weighted by Crippen LogP contribution is -2.48. The van der Waals surface area contributed by atoms with Gasteiger partial charge in [0.1, 0.15) is 0 Å². The summed E-state index contributed by atoms with van der Waals surface area (Å²) in [5, 5.41) is 2.85. The molecule has 2 amide bonds. The summed E-state index contributed by atoms with van der Waals surface area (Å²) in [6.45, 7) is 0. The van der Waals surface area contributed by atoms with E-state index in [0.29, 0.717) is 10.6 Å². The number of halogens is 1. The largest absolute Gasteiger partial charge is 0.298 e. The second-order valence-corrected chi connectivity index (χ2v) is 5.50. The quantitative estimate of drug-likeness (QED) is 0.447. The van der Waals surface area contributed by atoms with Crippen LogP contribution in [0.1, 0.15) is 15.9 Å². The van der Waals surface area contributed by atoms with Gasteiger partial charge in [-0.3, -0.25) is 25.8 Å². The zero-order valence-electron chi connectivity index (χ0n) is 12.5. The number of carbonyl (C=O) groups excluding carboxylic acids is 2. The van der Waals surface area contributed by atoms with E-state index in [-0.39, 0.29) is 5.11 Å². The molecule has 0 heterocycles. The van der Waals surface area contributed by atoms with Crippen LogP contribution < -0.4 is 16.2 Å². The van der Waals surface area contributed by atoms with E-state index in [1.807, 2.05) is 30.3 Å². The normalized spacial score (nSPS) is 10.2. The average molecular weight is 360 g/mol. The number of benzene rings is 2. The molecule has 0 atom stereocenters. The molecule has 0 aromatic heterocycles. The SMILES string of the molecule is O=C(/C=C/c1ccccc1)NC(=S)NNC(=O)c1cccc(Cl)c1. The molecular weight excluding hydrogens is 346 g/mol. The summed E-state index contributed by atoms with van der Waals surface area (Å²) in [6, 6.07) is 15.8. The highest BCUT2D eigenvalue weighted by Gasteiger charge is 2.07. The first-order chi connectivity index (χ1) is 11.5. The lowest BCUT2D eigenvalue weighted by atomic mass is 10.2. The van der Waals surface area contributed by atoms with Crippen LogP contribution in [0.15, 0.2) is 60.7 Å². The molecule has 122 valence electrons. The van der Waals surface area contributed by atoms with Crippen molar-refractivity contribution in [1.29, 1.82) is 0 Å². The third-order valence-corrected chi connectivity index (χ3v) is 3.28. The minimum absolute atomic E-state index is 0.0203. The van der Waals surface area contributed by atoms with Crippen molar-refractivity contribution in [2.24, 2.45) is 0 Å². The third-order valence-electron chi connectivity index (χ3n) is 2.84. The standard InChI is InChI=1S/C17H14ClN3O2S/c18-14-8-4-7-13(11-14)16(23)20-21-17(24)19-15(22)10-9-12-5-2-1-3-6-12/h1-11H,(H,20,23)(H2,19,21,22,24)/b10-9+. The summed E-state index contributed by atoms with van der Waals surface area (Å²) in [7, 11) is 0. The Bertz CT molecular complexity index is 778. The molecule has 0 aliphatic carbocycles. The number of hydrogen-bond acceptors (Lipinski definition) is 3. The maximum Gasteiger partial charge on any atom is 0.269 e. The molecule has 0 saturated heterocycles. The van der Waals surface area contributed by atoms with Crippen molar-refractivity contribution in [3.63, 3.8) is 0 Å². The summed E-state index contributed by atoms with van der Waals surface area (Å²) in [5.41, 5.74) is 6.09. The number of hydrogen-bond donors (Lipinski definition) is 3. The molecule has 0 saturated carbocycles. The fourth-order valence-corrected chi connectivity index (χ4v) is 2.08. The Balaban J connectivity index is 1.79. The van der Waals surface area contributed by atoms with Crippen molar-refractivity contribution in [2.45, 2.75) is 0 Å². The van der Waals surface area contributed by atoms with Gasteiger partial charge in [0, 0.05) is 16.7 Å². The van der Waals surface area contributed by atoms with Gasteiger partial charge in [0.05, 0.1) is 0 Å². The van der Waals surface area contributed by atoms with Gasteiger partial charge in [-0.2, -0.15) is 0 Å². The van der Waals surface area contributed by atoms with Crippen LogP contribution in [-0.2, 0) is 4.79 Å². The van der Waals surface area contributed by atoms with Gasteiger partial charge in [0.25, 0.3) is 5.91 Å². The summed E-state index contributed by atoms with van der Waals surface area (Å²) in [6.07, 6.45) is 3.00. The van der Waals surface area contributed by atoms with Crippen molar-refractivity contribution in [1.82, 2.24) is 16.2 Å². The topological polar surface area (TPSA) is 70.2 Å². The second-order valence-electron chi connectivity index (χ2n) is 4.65. The number of nitrogens with one attached hydrogen (secondary N) is 3. The van der Waals surface area contributed by atoms with Crippen LogP contribution in [0.5, 0.6) is 0 Å². The van der Waals surface area contributed by atoms with Crippen molar-refractivity contribution in [2.75, 3.05) is 0 Å². The first-order valence-corrected chi connectivity index (χ1v) is 7.73. The second kappa shape index (κ2) is 8.81. The number of amides is 2. The maximum absolute atomic E-state index is 11.9. The van der Waals surface area contributed by atoms with Gasteiger partial charge in [-0.1, -0.05) is 48.0 Å². The van der Waals surface area contributed by atoms with Gasteiger partial charge < -0.3 is 0 Å². The van der Waals surface area contributed by atoms with Crippen LogP contribution in [0.4, 0.5) is 0 Å². The molecule has 24 heavy (non-hydrogen) atoms. The fraction of sp³-hybridized carbons (Fsp3) is 0. The van der Waals surface area contributed by atoms with Crippen LogP contribution in [0.3, 0.4) is 0 Å². The van der Waals surface area contributed by atoms with Crippen molar-refractivity contribution >= 4 is 46.8 Å². The van der Waals surface area contributed by atoms with Crippen molar-refractivity contribution in [3.05, 3.63) is 76.8 Å². The summed E-state index contributed by atoms with van der Waals surface area (Å²) < 4.78 is 0. The van der Waals surface area contributed by atoms with Gasteiger partial charge in [0.15, 0.2) is 5.11 Å². The van der Waals surface area contributed by atoms with E-state index in [9.17, 15) is 9.59 Å². The fourth-order valence-electron chi connectivity index (χ4n) is 1.74. The van der Waals surface area contributed by atoms with Gasteiger partial charge in [-0.05, 0) is 42.1 Å². The minimum Gasteiger partial charge on any atom is -0.298 e. The Morgan fingerprint density at radius 3 is 2.46 bits per heavy atom. The number of rotatable bonds is 3. The summed E-state index contributed by atoms with van der Waals surface area (Å²) >= 11 is 10.8. The molecule has 0 aliphatic rings. The van der Waals surface area contributed by atoms with Crippen LogP contribution in [0, 0.1) is 0 Å². The van der Waals surface area contributed by atoms with Gasteiger partial charge in [0.2, 0.25) is 5.91 Å². The molecule has 0 aliphatic heterocycles. The molecule has 3 N–H and O–H groups in total. The van der Waals surface area contributed by atoms with Gasteiger partial charge in [-0.15, -0.1) is 0 Å². The zero-order valence-corrected chi connectivity index (χ0v) is 14.0. The lowest BCUT2D eigenvalue weighted by molar-refractivity contribution is -0.115. The first kappa shape index (κ1) is 17.7. The van der Waals surface area contributed by atoms with Crippen LogP contribution in [0.2, 0.25) is 5.02 Å². The molecule has 0 unspecified atom stereocenters. The third kappa shape index (κ3) is 5.83. The Morgan fingerprint density at radius 1 is 1.00 bits per heavy atom. The predicted octanol–water partition coefficient (Wildman–Crippen LogP) is 2.69. The lowest BCUT2D eigenvalue weighted by Gasteiger charge is -2.09. The molecule has 0 radical (unpaired) electrons. The van der Waals surface area contributed by atoms with E-state index in [1.165, 1.54) is 12.1 Å². The van der Waals surface area contributed by atoms with Gasteiger partial charge in [-0.25, -0.2) is 0 Å². The number of hydrazine groups is 1. The number of thiocarbonyl (C=S) groups is 1. The molecular formula is C17H14ClN3O2S. The van der Waals surface area contributed by atoms with E-state index in [0.717, 1.165) is 5.56 Å². The Hall–Kier alpha value is -2.70. The average Bonchev–Trinajstić information content (AvgIpc) is 2.59. The molecule has 2 rings (SSSR count). The molecule has 0 bridgehead atoms. The van der Waals surface area contributed by atoms with Crippen molar-refractivity contribution in [3.8, 4) is 0 Å². The van der Waals surface area contributed by atoms with Crippen LogP contribution in [0.25, 0.3) is 6.08 Å². The Labute approximate surface area is 149 Å². The zero-order chi connectivity index (χ0) is 17.4. The molecule has 2 aromatic rings. The van der Waals surface area contributed by atoms with E-state index >= 15 is 0 Å². The van der Waals surface area contributed by atoms with E-state index in [2.05, 4.69) is 16.2 Å². The highest BCUT2D eigenvalue weighted by Crippen LogP contribution is 2.10. The molecule has 0 spiro atoms. The molecule has 7 heteroatoms. The molecule has 5 nitrogen and oxygen atoms in total. The van der Waals surface area contributed by atoms with E-state index in [4.69, 9.17) is 23.8 Å².